The molecule has 1 aromatic heterocycles. The molecule has 0 unspecified atom stereocenters. The van der Waals surface area contributed by atoms with Crippen molar-refractivity contribution < 1.29 is 23.5 Å². The van der Waals surface area contributed by atoms with Gasteiger partial charge in [-0.15, -0.1) is 0 Å². The summed E-state index contributed by atoms with van der Waals surface area (Å²) < 4.78 is 23.7. The van der Waals surface area contributed by atoms with E-state index in [1.165, 1.54) is 19.4 Å². The van der Waals surface area contributed by atoms with Crippen LogP contribution in [0.4, 0.5) is 14.9 Å². The van der Waals surface area contributed by atoms with Crippen LogP contribution in [0.1, 0.15) is 21.6 Å². The van der Waals surface area contributed by atoms with Gasteiger partial charge in [-0.1, -0.05) is 12.1 Å². The molecule has 2 aromatic carbocycles. The fraction of sp³-hybridized carbons (Fsp3) is 0.182. The zero-order valence-corrected chi connectivity index (χ0v) is 17.2. The first-order valence-electron chi connectivity index (χ1n) is 9.56. The Hall–Kier alpha value is -4.05. The maximum absolute atomic E-state index is 13.9. The van der Waals surface area contributed by atoms with Crippen LogP contribution in [0.2, 0.25) is 0 Å². The number of hydrogen-bond donors (Lipinski definition) is 3. The van der Waals surface area contributed by atoms with E-state index in [9.17, 15) is 18.8 Å². The molecule has 4 N–H and O–H groups in total. The van der Waals surface area contributed by atoms with Gasteiger partial charge < -0.3 is 15.2 Å². The van der Waals surface area contributed by atoms with E-state index in [4.69, 9.17) is 15.2 Å². The number of anilines is 1. The van der Waals surface area contributed by atoms with Gasteiger partial charge in [0.15, 0.2) is 0 Å². The van der Waals surface area contributed by atoms with Gasteiger partial charge in [-0.25, -0.2) is 9.18 Å². The Kier molecular flexibility index (Phi) is 7.29. The number of aromatic nitrogens is 2. The molecule has 3 rings (SSSR count). The second-order valence-electron chi connectivity index (χ2n) is 6.80. The molecule has 9 nitrogen and oxygen atoms in total. The number of carbonyl (C=O) groups is 2. The fourth-order valence-electron chi connectivity index (χ4n) is 2.99. The van der Waals surface area contributed by atoms with Gasteiger partial charge in [0.2, 0.25) is 11.3 Å². The van der Waals surface area contributed by atoms with E-state index in [1.807, 2.05) is 0 Å². The summed E-state index contributed by atoms with van der Waals surface area (Å²) in [6.45, 7) is 0.399. The van der Waals surface area contributed by atoms with E-state index in [2.05, 4.69) is 15.5 Å². The molecule has 0 bridgehead atoms. The third kappa shape index (κ3) is 5.76. The number of amides is 2. The van der Waals surface area contributed by atoms with Crippen molar-refractivity contribution in [2.75, 3.05) is 25.6 Å². The lowest BCUT2D eigenvalue weighted by molar-refractivity contribution is 0.0999. The predicted octanol–water partition coefficient (Wildman–Crippen LogP) is 2.46. The van der Waals surface area contributed by atoms with Crippen molar-refractivity contribution in [2.45, 2.75) is 6.42 Å². The fourth-order valence-corrected chi connectivity index (χ4v) is 2.99. The number of nitrogens with two attached hydrogens (primary N) is 1. The summed E-state index contributed by atoms with van der Waals surface area (Å²) in [6.07, 6.45) is 0.850. The molecule has 0 aliphatic rings. The summed E-state index contributed by atoms with van der Waals surface area (Å²) in [5.74, 6) is -1.49. The third-order valence-electron chi connectivity index (χ3n) is 4.47. The Balaban J connectivity index is 1.82. The first-order valence-corrected chi connectivity index (χ1v) is 9.56. The number of primary amides is 1. The normalized spacial score (nSPS) is 10.6. The number of aromatic amines is 1. The number of nitrogens with one attached hydrogen (secondary N) is 2. The van der Waals surface area contributed by atoms with Crippen LogP contribution in [0, 0.1) is 5.82 Å². The van der Waals surface area contributed by atoms with E-state index >= 15 is 0 Å². The monoisotopic (exact) mass is 440 g/mol. The maximum Gasteiger partial charge on any atom is 0.411 e. The number of methoxy groups -OCH3 is 1. The first-order chi connectivity index (χ1) is 15.4. The van der Waals surface area contributed by atoms with Crippen LogP contribution in [0.15, 0.2) is 53.5 Å². The van der Waals surface area contributed by atoms with Gasteiger partial charge in [-0.05, 0) is 41.5 Å². The molecule has 166 valence electrons. The Bertz CT molecular complexity index is 1190. The molecule has 0 aliphatic heterocycles. The van der Waals surface area contributed by atoms with Gasteiger partial charge in [-0.3, -0.25) is 20.0 Å². The zero-order chi connectivity index (χ0) is 23.1. The molecule has 0 saturated heterocycles. The molecule has 32 heavy (non-hydrogen) atoms. The van der Waals surface area contributed by atoms with Gasteiger partial charge in [0.1, 0.15) is 18.1 Å². The van der Waals surface area contributed by atoms with Crippen LogP contribution in [-0.2, 0) is 15.9 Å². The van der Waals surface area contributed by atoms with Gasteiger partial charge in [0, 0.05) is 36.5 Å². The van der Waals surface area contributed by atoms with Crippen molar-refractivity contribution in [1.29, 1.82) is 0 Å². The third-order valence-corrected chi connectivity index (χ3v) is 4.47. The average molecular weight is 440 g/mol. The highest BCUT2D eigenvalue weighted by Crippen LogP contribution is 2.20. The van der Waals surface area contributed by atoms with Gasteiger partial charge in [0.25, 0.3) is 0 Å². The summed E-state index contributed by atoms with van der Waals surface area (Å²) >= 11 is 0. The molecule has 0 fully saturated rings. The molecule has 0 spiro atoms. The van der Waals surface area contributed by atoms with E-state index in [0.29, 0.717) is 11.3 Å². The van der Waals surface area contributed by atoms with E-state index in [0.717, 1.165) is 12.1 Å². The zero-order valence-electron chi connectivity index (χ0n) is 17.2. The number of hydrogen-bond acceptors (Lipinski definition) is 6. The van der Waals surface area contributed by atoms with Crippen molar-refractivity contribution in [3.63, 3.8) is 0 Å². The highest BCUT2D eigenvalue weighted by Gasteiger charge is 2.14. The predicted molar refractivity (Wildman–Crippen MR) is 115 cm³/mol. The second kappa shape index (κ2) is 10.3. The number of ether oxygens (including phenoxy) is 2. The maximum atomic E-state index is 13.9. The Morgan fingerprint density at radius 3 is 2.75 bits per heavy atom. The van der Waals surface area contributed by atoms with Crippen molar-refractivity contribution in [3.8, 4) is 11.1 Å². The standard InChI is InChI=1S/C22H21FN4O5/c1-31-5-6-32-22(30)26-17-4-2-3-13(7-17)8-19-20(28)18(12-25-27-19)14-9-15(21(24)29)11-16(23)10-14/h2-4,7,9-12H,5-6,8H2,1H3,(H2,24,29)(H,25,28)(H,26,30). The molecule has 1 heterocycles. The number of H-pyrrole nitrogens is 1. The lowest BCUT2D eigenvalue weighted by Crippen LogP contribution is -2.17. The Morgan fingerprint density at radius 2 is 2.00 bits per heavy atom. The van der Waals surface area contributed by atoms with Crippen LogP contribution in [-0.4, -0.2) is 42.5 Å². The number of nitrogens with zero attached hydrogens (tertiary/aromatic N) is 1. The van der Waals surface area contributed by atoms with Crippen molar-refractivity contribution in [3.05, 3.63) is 81.5 Å². The number of benzene rings is 2. The lowest BCUT2D eigenvalue weighted by Gasteiger charge is -2.09. The largest absolute Gasteiger partial charge is 0.447 e. The van der Waals surface area contributed by atoms with E-state index < -0.39 is 23.2 Å². The molecule has 0 radical (unpaired) electrons. The van der Waals surface area contributed by atoms with Gasteiger partial charge in [0.05, 0.1) is 6.61 Å². The smallest absolute Gasteiger partial charge is 0.411 e. The molecule has 0 saturated carbocycles. The van der Waals surface area contributed by atoms with Crippen molar-refractivity contribution in [1.82, 2.24) is 10.2 Å². The lowest BCUT2D eigenvalue weighted by atomic mass is 10.0. The topological polar surface area (TPSA) is 136 Å². The molecular formula is C22H21FN4O5. The van der Waals surface area contributed by atoms with Crippen LogP contribution in [0.5, 0.6) is 0 Å². The minimum Gasteiger partial charge on any atom is -0.447 e. The molecule has 3 aromatic rings. The minimum atomic E-state index is -0.804. The van der Waals surface area contributed by atoms with Crippen LogP contribution in [0.25, 0.3) is 11.1 Å². The quantitative estimate of drug-likeness (QED) is 0.460. The molecule has 10 heteroatoms. The average Bonchev–Trinajstić information content (AvgIpc) is 2.75. The van der Waals surface area contributed by atoms with Crippen LogP contribution < -0.4 is 16.5 Å². The van der Waals surface area contributed by atoms with E-state index in [1.54, 1.807) is 24.3 Å². The molecule has 0 aliphatic carbocycles. The first kappa shape index (κ1) is 22.6. The Morgan fingerprint density at radius 1 is 1.19 bits per heavy atom. The highest BCUT2D eigenvalue weighted by atomic mass is 19.1. The van der Waals surface area contributed by atoms with Crippen LogP contribution in [0.3, 0.4) is 0 Å². The summed E-state index contributed by atoms with van der Waals surface area (Å²) in [5.41, 5.74) is 6.46. The van der Waals surface area contributed by atoms with Gasteiger partial charge >= 0.3 is 6.09 Å². The molecule has 0 atom stereocenters. The second-order valence-corrected chi connectivity index (χ2v) is 6.80. The number of rotatable bonds is 8. The van der Waals surface area contributed by atoms with Gasteiger partial charge in [-0.2, -0.15) is 5.10 Å². The van der Waals surface area contributed by atoms with E-state index in [-0.39, 0.29) is 42.0 Å². The minimum absolute atomic E-state index is 0.0473. The number of halogens is 1. The summed E-state index contributed by atoms with van der Waals surface area (Å²) in [6, 6.07) is 10.3. The summed E-state index contributed by atoms with van der Waals surface area (Å²) in [4.78, 5) is 36.2. The van der Waals surface area contributed by atoms with Crippen molar-refractivity contribution >= 4 is 17.7 Å². The van der Waals surface area contributed by atoms with Crippen molar-refractivity contribution in [2.24, 2.45) is 5.73 Å². The molecular weight excluding hydrogens is 419 g/mol. The molecule has 2 amide bonds. The summed E-state index contributed by atoms with van der Waals surface area (Å²) in [5, 5.41) is 9.27. The van der Waals surface area contributed by atoms with Crippen LogP contribution >= 0.6 is 0 Å². The highest BCUT2D eigenvalue weighted by molar-refractivity contribution is 5.94. The number of carbonyl (C=O) groups excluding carboxylic acids is 2. The Labute approximate surface area is 182 Å². The summed E-state index contributed by atoms with van der Waals surface area (Å²) in [7, 11) is 1.50. The SMILES string of the molecule is COCCOC(=O)Nc1cccc(Cc2n[nH]cc(-c3cc(F)cc(C(N)=O)c3)c2=O)c1.